The van der Waals surface area contributed by atoms with Crippen LogP contribution in [0.4, 0.5) is 4.79 Å². The quantitative estimate of drug-likeness (QED) is 0.667. The monoisotopic (exact) mass is 257 g/mol. The Morgan fingerprint density at radius 1 is 1.50 bits per heavy atom. The smallest absolute Gasteiger partial charge is 0.326 e. The minimum atomic E-state index is -0.980. The van der Waals surface area contributed by atoms with E-state index in [1.807, 2.05) is 13.8 Å². The third kappa shape index (κ3) is 4.18. The molecule has 1 aliphatic rings. The third-order valence-electron chi connectivity index (χ3n) is 3.21. The van der Waals surface area contributed by atoms with E-state index in [9.17, 15) is 9.59 Å². The highest BCUT2D eigenvalue weighted by atomic mass is 16.4. The van der Waals surface area contributed by atoms with E-state index in [-0.39, 0.29) is 11.9 Å². The molecule has 1 rings (SSSR count). The molecule has 6 heteroatoms. The molecule has 18 heavy (non-hydrogen) atoms. The number of carbonyl (C=O) groups is 2. The van der Waals surface area contributed by atoms with Gasteiger partial charge < -0.3 is 21.1 Å². The van der Waals surface area contributed by atoms with Crippen molar-refractivity contribution >= 4 is 12.0 Å². The van der Waals surface area contributed by atoms with E-state index in [0.29, 0.717) is 32.0 Å². The van der Waals surface area contributed by atoms with Gasteiger partial charge in [0, 0.05) is 13.1 Å². The molecule has 2 amide bonds. The number of hydrogen-bond donors (Lipinski definition) is 3. The molecular formula is C12H23N3O3. The Hall–Kier alpha value is -1.30. The highest BCUT2D eigenvalue weighted by molar-refractivity contribution is 5.82. The lowest BCUT2D eigenvalue weighted by Crippen LogP contribution is -2.47. The first-order valence-electron chi connectivity index (χ1n) is 6.42. The molecule has 1 heterocycles. The lowest BCUT2D eigenvalue weighted by atomic mass is 10.0. The van der Waals surface area contributed by atoms with Crippen molar-refractivity contribution in [1.29, 1.82) is 0 Å². The van der Waals surface area contributed by atoms with Crippen molar-refractivity contribution in [1.82, 2.24) is 10.2 Å². The van der Waals surface area contributed by atoms with Gasteiger partial charge in [-0.15, -0.1) is 0 Å². The lowest BCUT2D eigenvalue weighted by molar-refractivity contribution is -0.139. The van der Waals surface area contributed by atoms with E-state index < -0.39 is 12.0 Å². The van der Waals surface area contributed by atoms with Gasteiger partial charge in [0.2, 0.25) is 0 Å². The fourth-order valence-corrected chi connectivity index (χ4v) is 2.14. The van der Waals surface area contributed by atoms with Gasteiger partial charge in [0.1, 0.15) is 6.04 Å². The highest BCUT2D eigenvalue weighted by Crippen LogP contribution is 2.15. The summed E-state index contributed by atoms with van der Waals surface area (Å²) < 4.78 is 0. The van der Waals surface area contributed by atoms with Crippen molar-refractivity contribution in [2.75, 3.05) is 19.6 Å². The minimum Gasteiger partial charge on any atom is -0.480 e. The maximum absolute atomic E-state index is 11.9. The first-order valence-corrected chi connectivity index (χ1v) is 6.42. The predicted octanol–water partition coefficient (Wildman–Crippen LogP) is 0.476. The number of likely N-dealkylation sites (tertiary alicyclic amines) is 1. The molecule has 2 atom stereocenters. The SMILES string of the molecule is CC(C)C[C@H](NC(=O)N1CCC(CN)C1)C(=O)O. The van der Waals surface area contributed by atoms with Crippen molar-refractivity contribution in [3.63, 3.8) is 0 Å². The van der Waals surface area contributed by atoms with Crippen LogP contribution in [0.1, 0.15) is 26.7 Å². The summed E-state index contributed by atoms with van der Waals surface area (Å²) in [6.45, 7) is 5.71. The third-order valence-corrected chi connectivity index (χ3v) is 3.21. The minimum absolute atomic E-state index is 0.224. The van der Waals surface area contributed by atoms with Gasteiger partial charge in [0.15, 0.2) is 0 Å². The number of carboxylic acids is 1. The van der Waals surface area contributed by atoms with Gasteiger partial charge in [-0.2, -0.15) is 0 Å². The zero-order valence-corrected chi connectivity index (χ0v) is 11.1. The molecule has 104 valence electrons. The molecule has 0 aliphatic carbocycles. The van der Waals surface area contributed by atoms with E-state index in [4.69, 9.17) is 10.8 Å². The van der Waals surface area contributed by atoms with Gasteiger partial charge in [0.25, 0.3) is 0 Å². The van der Waals surface area contributed by atoms with Gasteiger partial charge in [0.05, 0.1) is 0 Å². The summed E-state index contributed by atoms with van der Waals surface area (Å²) in [6.07, 6.45) is 1.33. The van der Waals surface area contributed by atoms with Crippen LogP contribution >= 0.6 is 0 Å². The van der Waals surface area contributed by atoms with E-state index >= 15 is 0 Å². The summed E-state index contributed by atoms with van der Waals surface area (Å²) in [5, 5.41) is 11.6. The van der Waals surface area contributed by atoms with Crippen molar-refractivity contribution in [2.45, 2.75) is 32.7 Å². The van der Waals surface area contributed by atoms with Crippen LogP contribution in [0.2, 0.25) is 0 Å². The maximum atomic E-state index is 11.9. The second-order valence-electron chi connectivity index (χ2n) is 5.31. The molecule has 6 nitrogen and oxygen atoms in total. The average Bonchev–Trinajstić information content (AvgIpc) is 2.75. The van der Waals surface area contributed by atoms with Gasteiger partial charge in [-0.05, 0) is 31.2 Å². The molecule has 0 aromatic heterocycles. The number of aliphatic carboxylic acids is 1. The lowest BCUT2D eigenvalue weighted by Gasteiger charge is -2.22. The van der Waals surface area contributed by atoms with Crippen LogP contribution in [0, 0.1) is 11.8 Å². The summed E-state index contributed by atoms with van der Waals surface area (Å²) in [5.74, 6) is -0.419. The molecule has 0 aromatic carbocycles. The first-order chi connectivity index (χ1) is 8.43. The average molecular weight is 257 g/mol. The van der Waals surface area contributed by atoms with Crippen molar-refractivity contribution in [3.8, 4) is 0 Å². The zero-order valence-electron chi connectivity index (χ0n) is 11.1. The van der Waals surface area contributed by atoms with Crippen molar-refractivity contribution in [3.05, 3.63) is 0 Å². The number of carbonyl (C=O) groups excluding carboxylic acids is 1. The molecule has 1 saturated heterocycles. The van der Waals surface area contributed by atoms with Crippen molar-refractivity contribution in [2.24, 2.45) is 17.6 Å². The Morgan fingerprint density at radius 2 is 2.17 bits per heavy atom. The van der Waals surface area contributed by atoms with Crippen LogP contribution in [0.3, 0.4) is 0 Å². The number of nitrogens with two attached hydrogens (primary N) is 1. The summed E-state index contributed by atoms with van der Waals surface area (Å²) in [4.78, 5) is 24.6. The van der Waals surface area contributed by atoms with E-state index in [1.165, 1.54) is 0 Å². The molecule has 1 unspecified atom stereocenters. The highest BCUT2D eigenvalue weighted by Gasteiger charge is 2.28. The summed E-state index contributed by atoms with van der Waals surface area (Å²) in [7, 11) is 0. The zero-order chi connectivity index (χ0) is 13.7. The van der Waals surface area contributed by atoms with Gasteiger partial charge >= 0.3 is 12.0 Å². The Balaban J connectivity index is 2.49. The van der Waals surface area contributed by atoms with Crippen LogP contribution in [0.25, 0.3) is 0 Å². The number of amides is 2. The number of carboxylic acid groups (broad SMARTS) is 1. The standard InChI is InChI=1S/C12H23N3O3/c1-8(2)5-10(11(16)17)14-12(18)15-4-3-9(6-13)7-15/h8-10H,3-7,13H2,1-2H3,(H,14,18)(H,16,17)/t9?,10-/m0/s1. The Labute approximate surface area is 108 Å². The summed E-state index contributed by atoms with van der Waals surface area (Å²) in [5.41, 5.74) is 5.56. The molecule has 0 aromatic rings. The number of nitrogens with one attached hydrogen (secondary N) is 1. The largest absolute Gasteiger partial charge is 0.480 e. The maximum Gasteiger partial charge on any atom is 0.326 e. The van der Waals surface area contributed by atoms with E-state index in [2.05, 4.69) is 5.32 Å². The Morgan fingerprint density at radius 3 is 2.61 bits per heavy atom. The van der Waals surface area contributed by atoms with Crippen LogP contribution in [0.15, 0.2) is 0 Å². The molecular weight excluding hydrogens is 234 g/mol. The molecule has 1 aliphatic heterocycles. The second-order valence-corrected chi connectivity index (χ2v) is 5.31. The number of rotatable bonds is 5. The normalized spacial score (nSPS) is 21.1. The van der Waals surface area contributed by atoms with E-state index in [0.717, 1.165) is 6.42 Å². The van der Waals surface area contributed by atoms with Crippen LogP contribution in [-0.4, -0.2) is 47.7 Å². The molecule has 0 radical (unpaired) electrons. The molecule has 1 fully saturated rings. The fraction of sp³-hybridized carbons (Fsp3) is 0.833. The molecule has 0 saturated carbocycles. The predicted molar refractivity (Wildman–Crippen MR) is 68.1 cm³/mol. The Bertz CT molecular complexity index is 307. The fourth-order valence-electron chi connectivity index (χ4n) is 2.14. The van der Waals surface area contributed by atoms with Crippen LogP contribution < -0.4 is 11.1 Å². The summed E-state index contributed by atoms with van der Waals surface area (Å²) >= 11 is 0. The number of urea groups is 1. The van der Waals surface area contributed by atoms with Crippen LogP contribution in [0.5, 0.6) is 0 Å². The molecule has 0 spiro atoms. The van der Waals surface area contributed by atoms with Gasteiger partial charge in [-0.1, -0.05) is 13.8 Å². The van der Waals surface area contributed by atoms with Gasteiger partial charge in [-0.25, -0.2) is 9.59 Å². The summed E-state index contributed by atoms with van der Waals surface area (Å²) in [6, 6.07) is -1.10. The van der Waals surface area contributed by atoms with Crippen LogP contribution in [-0.2, 0) is 4.79 Å². The first kappa shape index (κ1) is 14.8. The molecule has 4 N–H and O–H groups in total. The topological polar surface area (TPSA) is 95.7 Å². The van der Waals surface area contributed by atoms with Crippen molar-refractivity contribution < 1.29 is 14.7 Å². The number of nitrogens with zero attached hydrogens (tertiary/aromatic N) is 1. The Kier molecular flexibility index (Phi) is 5.40. The second kappa shape index (κ2) is 6.58. The van der Waals surface area contributed by atoms with Gasteiger partial charge in [-0.3, -0.25) is 0 Å². The molecule has 0 bridgehead atoms. The van der Waals surface area contributed by atoms with E-state index in [1.54, 1.807) is 4.90 Å². The number of hydrogen-bond acceptors (Lipinski definition) is 3.